The van der Waals surface area contributed by atoms with Crippen molar-refractivity contribution in [2.75, 3.05) is 0 Å². The quantitative estimate of drug-likeness (QED) is 0.910. The van der Waals surface area contributed by atoms with Gasteiger partial charge in [-0.25, -0.2) is 4.68 Å². The summed E-state index contributed by atoms with van der Waals surface area (Å²) in [6, 6.07) is 5.40. The number of para-hydroxylation sites is 1. The molecule has 0 unspecified atom stereocenters. The highest BCUT2D eigenvalue weighted by Crippen LogP contribution is 2.30. The van der Waals surface area contributed by atoms with Crippen LogP contribution in [0.2, 0.25) is 10.0 Å². The average molecular weight is 270 g/mol. The first-order chi connectivity index (χ1) is 8.06. The van der Waals surface area contributed by atoms with Gasteiger partial charge in [0.1, 0.15) is 5.69 Å². The molecule has 0 aliphatic rings. The molecule has 90 valence electrons. The first-order valence-electron chi connectivity index (χ1n) is 5.25. The summed E-state index contributed by atoms with van der Waals surface area (Å²) in [6.45, 7) is 4.35. The van der Waals surface area contributed by atoms with Gasteiger partial charge in [-0.2, -0.15) is 5.10 Å². The molecule has 0 radical (unpaired) electrons. The number of rotatable bonds is 2. The van der Waals surface area contributed by atoms with Gasteiger partial charge < -0.3 is 5.73 Å². The van der Waals surface area contributed by atoms with E-state index in [4.69, 9.17) is 28.9 Å². The van der Waals surface area contributed by atoms with E-state index in [2.05, 4.69) is 5.10 Å². The third-order valence-corrected chi connectivity index (χ3v) is 3.40. The van der Waals surface area contributed by atoms with Crippen LogP contribution in [0.25, 0.3) is 5.69 Å². The van der Waals surface area contributed by atoms with E-state index in [0.29, 0.717) is 22.3 Å². The Morgan fingerprint density at radius 2 is 1.82 bits per heavy atom. The van der Waals surface area contributed by atoms with Crippen molar-refractivity contribution in [3.63, 3.8) is 0 Å². The molecule has 0 atom stereocenters. The third kappa shape index (κ3) is 2.06. The normalized spacial score (nSPS) is 10.9. The van der Waals surface area contributed by atoms with Crippen LogP contribution in [0.3, 0.4) is 0 Å². The van der Waals surface area contributed by atoms with Gasteiger partial charge in [0.15, 0.2) is 0 Å². The number of halogens is 2. The molecule has 5 heteroatoms. The Bertz CT molecular complexity index is 541. The van der Waals surface area contributed by atoms with Crippen LogP contribution in [0.15, 0.2) is 18.2 Å². The minimum atomic E-state index is 0.458. The Morgan fingerprint density at radius 1 is 1.24 bits per heavy atom. The summed E-state index contributed by atoms with van der Waals surface area (Å²) >= 11 is 12.3. The van der Waals surface area contributed by atoms with E-state index in [0.717, 1.165) is 17.0 Å². The van der Waals surface area contributed by atoms with Gasteiger partial charge in [-0.05, 0) is 26.0 Å². The molecule has 2 rings (SSSR count). The summed E-state index contributed by atoms with van der Waals surface area (Å²) in [6.07, 6.45) is 0. The first kappa shape index (κ1) is 12.4. The SMILES string of the molecule is Cc1nn(-c2c(Cl)cccc2Cl)c(C)c1CN. The zero-order valence-electron chi connectivity index (χ0n) is 9.67. The van der Waals surface area contributed by atoms with E-state index in [1.54, 1.807) is 16.8 Å². The zero-order valence-corrected chi connectivity index (χ0v) is 11.2. The van der Waals surface area contributed by atoms with Crippen molar-refractivity contribution in [3.05, 3.63) is 45.2 Å². The van der Waals surface area contributed by atoms with Gasteiger partial charge in [-0.1, -0.05) is 29.3 Å². The molecule has 1 heterocycles. The van der Waals surface area contributed by atoms with E-state index in [-0.39, 0.29) is 0 Å². The molecule has 2 N–H and O–H groups in total. The predicted octanol–water partition coefficient (Wildman–Crippen LogP) is 3.25. The van der Waals surface area contributed by atoms with Crippen LogP contribution in [0.4, 0.5) is 0 Å². The lowest BCUT2D eigenvalue weighted by Gasteiger charge is -2.09. The molecular weight excluding hydrogens is 257 g/mol. The van der Waals surface area contributed by atoms with Crippen molar-refractivity contribution in [2.45, 2.75) is 20.4 Å². The van der Waals surface area contributed by atoms with Crippen LogP contribution >= 0.6 is 23.2 Å². The number of nitrogens with zero attached hydrogens (tertiary/aromatic N) is 2. The van der Waals surface area contributed by atoms with Crippen molar-refractivity contribution in [3.8, 4) is 5.69 Å². The van der Waals surface area contributed by atoms with Crippen molar-refractivity contribution in [1.29, 1.82) is 0 Å². The molecule has 0 aliphatic carbocycles. The van der Waals surface area contributed by atoms with E-state index >= 15 is 0 Å². The van der Waals surface area contributed by atoms with E-state index in [1.807, 2.05) is 19.9 Å². The molecule has 2 aromatic rings. The van der Waals surface area contributed by atoms with Gasteiger partial charge in [-0.15, -0.1) is 0 Å². The maximum absolute atomic E-state index is 6.16. The van der Waals surface area contributed by atoms with Crippen LogP contribution in [0.1, 0.15) is 17.0 Å². The Labute approximate surface area is 110 Å². The maximum Gasteiger partial charge on any atom is 0.102 e. The lowest BCUT2D eigenvalue weighted by atomic mass is 10.2. The second-order valence-electron chi connectivity index (χ2n) is 3.84. The number of aromatic nitrogens is 2. The van der Waals surface area contributed by atoms with Crippen LogP contribution in [-0.4, -0.2) is 9.78 Å². The molecule has 0 amide bonds. The van der Waals surface area contributed by atoms with Crippen LogP contribution < -0.4 is 5.73 Å². The molecule has 1 aromatic heterocycles. The van der Waals surface area contributed by atoms with Gasteiger partial charge in [0.05, 0.1) is 15.7 Å². The number of hydrogen-bond acceptors (Lipinski definition) is 2. The van der Waals surface area contributed by atoms with Gasteiger partial charge in [-0.3, -0.25) is 0 Å². The highest BCUT2D eigenvalue weighted by atomic mass is 35.5. The fourth-order valence-corrected chi connectivity index (χ4v) is 2.44. The van der Waals surface area contributed by atoms with E-state index in [1.165, 1.54) is 0 Å². The second-order valence-corrected chi connectivity index (χ2v) is 4.65. The largest absolute Gasteiger partial charge is 0.326 e. The van der Waals surface area contributed by atoms with Gasteiger partial charge in [0.2, 0.25) is 0 Å². The van der Waals surface area contributed by atoms with Crippen molar-refractivity contribution in [2.24, 2.45) is 5.73 Å². The minimum absolute atomic E-state index is 0.458. The summed E-state index contributed by atoms with van der Waals surface area (Å²) in [7, 11) is 0. The minimum Gasteiger partial charge on any atom is -0.326 e. The molecule has 17 heavy (non-hydrogen) atoms. The summed E-state index contributed by atoms with van der Waals surface area (Å²) in [5.74, 6) is 0. The monoisotopic (exact) mass is 269 g/mol. The highest BCUT2D eigenvalue weighted by molar-refractivity contribution is 6.37. The Balaban J connectivity index is 2.69. The molecule has 0 fully saturated rings. The fourth-order valence-electron chi connectivity index (χ4n) is 1.88. The summed E-state index contributed by atoms with van der Waals surface area (Å²) in [4.78, 5) is 0. The number of hydrogen-bond donors (Lipinski definition) is 1. The standard InChI is InChI=1S/C12H13Cl2N3/c1-7-9(6-15)8(2)17(16-7)12-10(13)4-3-5-11(12)14/h3-5H,6,15H2,1-2H3. The molecule has 1 aromatic carbocycles. The van der Waals surface area contributed by atoms with Crippen molar-refractivity contribution < 1.29 is 0 Å². The number of nitrogens with two attached hydrogens (primary N) is 1. The number of benzene rings is 1. The maximum atomic E-state index is 6.16. The smallest absolute Gasteiger partial charge is 0.102 e. The Kier molecular flexibility index (Phi) is 3.43. The molecule has 3 nitrogen and oxygen atoms in total. The Hall–Kier alpha value is -1.03. The predicted molar refractivity (Wildman–Crippen MR) is 70.9 cm³/mol. The van der Waals surface area contributed by atoms with E-state index < -0.39 is 0 Å². The highest BCUT2D eigenvalue weighted by Gasteiger charge is 2.15. The Morgan fingerprint density at radius 3 is 2.29 bits per heavy atom. The van der Waals surface area contributed by atoms with Crippen LogP contribution in [0.5, 0.6) is 0 Å². The topological polar surface area (TPSA) is 43.8 Å². The van der Waals surface area contributed by atoms with Crippen molar-refractivity contribution in [1.82, 2.24) is 9.78 Å². The molecule has 0 aliphatic heterocycles. The lowest BCUT2D eigenvalue weighted by molar-refractivity contribution is 0.832. The summed E-state index contributed by atoms with van der Waals surface area (Å²) in [5, 5.41) is 5.59. The molecule has 0 bridgehead atoms. The second kappa shape index (κ2) is 4.69. The van der Waals surface area contributed by atoms with Gasteiger partial charge >= 0.3 is 0 Å². The van der Waals surface area contributed by atoms with Crippen molar-refractivity contribution >= 4 is 23.2 Å². The summed E-state index contributed by atoms with van der Waals surface area (Å²) < 4.78 is 1.75. The van der Waals surface area contributed by atoms with Crippen LogP contribution in [0, 0.1) is 13.8 Å². The van der Waals surface area contributed by atoms with Crippen LogP contribution in [-0.2, 0) is 6.54 Å². The first-order valence-corrected chi connectivity index (χ1v) is 6.01. The third-order valence-electron chi connectivity index (χ3n) is 2.79. The lowest BCUT2D eigenvalue weighted by Crippen LogP contribution is -2.03. The van der Waals surface area contributed by atoms with Gasteiger partial charge in [0.25, 0.3) is 0 Å². The molecular formula is C12H13Cl2N3. The van der Waals surface area contributed by atoms with E-state index in [9.17, 15) is 0 Å². The fraction of sp³-hybridized carbons (Fsp3) is 0.250. The summed E-state index contributed by atoms with van der Waals surface area (Å²) in [5.41, 5.74) is 9.31. The molecule has 0 saturated carbocycles. The average Bonchev–Trinajstić information content (AvgIpc) is 2.54. The number of aryl methyl sites for hydroxylation is 1. The zero-order chi connectivity index (χ0) is 12.6. The van der Waals surface area contributed by atoms with Gasteiger partial charge in [0, 0.05) is 17.8 Å². The molecule has 0 saturated heterocycles. The molecule has 0 spiro atoms.